The van der Waals surface area contributed by atoms with Crippen molar-refractivity contribution in [3.05, 3.63) is 28.3 Å². The molecule has 2 atom stereocenters. The molecule has 0 N–H and O–H groups in total. The third-order valence-electron chi connectivity index (χ3n) is 3.30. The maximum atomic E-state index is 5.70. The second-order valence-corrected chi connectivity index (χ2v) is 6.80. The number of ether oxygens (including phenoxy) is 1. The highest BCUT2D eigenvalue weighted by Crippen LogP contribution is 2.35. The number of rotatable bonds is 5. The summed E-state index contributed by atoms with van der Waals surface area (Å²) < 4.78 is 11.2. The molecule has 0 aliphatic heterocycles. The van der Waals surface area contributed by atoms with Crippen LogP contribution in [0.5, 0.6) is 0 Å². The first-order valence-corrected chi connectivity index (χ1v) is 8.15. The second-order valence-electron chi connectivity index (χ2n) is 4.58. The molecule has 2 heterocycles. The molecule has 102 valence electrons. The minimum absolute atomic E-state index is 0.317. The SMILES string of the molecule is COC1CCCC1Sc1nnc(Cc2cccs2)o1. The van der Waals surface area contributed by atoms with Crippen molar-refractivity contribution < 1.29 is 9.15 Å². The molecule has 19 heavy (non-hydrogen) atoms. The van der Waals surface area contributed by atoms with Gasteiger partial charge < -0.3 is 9.15 Å². The topological polar surface area (TPSA) is 48.2 Å². The summed E-state index contributed by atoms with van der Waals surface area (Å²) in [6.07, 6.45) is 4.55. The van der Waals surface area contributed by atoms with Crippen LogP contribution in [0.3, 0.4) is 0 Å². The predicted molar refractivity (Wildman–Crippen MR) is 75.7 cm³/mol. The summed E-state index contributed by atoms with van der Waals surface area (Å²) in [7, 11) is 1.78. The summed E-state index contributed by atoms with van der Waals surface area (Å²) in [6, 6.07) is 4.12. The number of aromatic nitrogens is 2. The highest BCUT2D eigenvalue weighted by atomic mass is 32.2. The van der Waals surface area contributed by atoms with Crippen molar-refractivity contribution in [2.24, 2.45) is 0 Å². The summed E-state index contributed by atoms with van der Waals surface area (Å²) >= 11 is 3.36. The average molecular weight is 296 g/mol. The zero-order valence-electron chi connectivity index (χ0n) is 10.7. The fraction of sp³-hybridized carbons (Fsp3) is 0.538. The smallest absolute Gasteiger partial charge is 0.276 e. The molecule has 3 rings (SSSR count). The number of nitrogens with zero attached hydrogens (tertiary/aromatic N) is 2. The monoisotopic (exact) mass is 296 g/mol. The van der Waals surface area contributed by atoms with Gasteiger partial charge in [-0.15, -0.1) is 21.5 Å². The van der Waals surface area contributed by atoms with E-state index in [1.807, 2.05) is 6.07 Å². The number of thiophene rings is 1. The number of hydrogen-bond acceptors (Lipinski definition) is 6. The van der Waals surface area contributed by atoms with Crippen molar-refractivity contribution in [1.82, 2.24) is 10.2 Å². The molecule has 1 saturated carbocycles. The molecule has 1 fully saturated rings. The summed E-state index contributed by atoms with van der Waals surface area (Å²) in [6.45, 7) is 0. The van der Waals surface area contributed by atoms with Crippen molar-refractivity contribution in [3.8, 4) is 0 Å². The maximum absolute atomic E-state index is 5.70. The minimum Gasteiger partial charge on any atom is -0.416 e. The summed E-state index contributed by atoms with van der Waals surface area (Å²) in [4.78, 5) is 1.25. The summed E-state index contributed by atoms with van der Waals surface area (Å²) in [5.41, 5.74) is 0. The second kappa shape index (κ2) is 6.07. The van der Waals surface area contributed by atoms with Crippen LogP contribution >= 0.6 is 23.1 Å². The molecule has 1 aliphatic rings. The van der Waals surface area contributed by atoms with Gasteiger partial charge in [0.05, 0.1) is 12.5 Å². The van der Waals surface area contributed by atoms with E-state index in [2.05, 4.69) is 21.6 Å². The van der Waals surface area contributed by atoms with E-state index in [1.165, 1.54) is 11.3 Å². The highest BCUT2D eigenvalue weighted by molar-refractivity contribution is 7.99. The molecule has 6 heteroatoms. The van der Waals surface area contributed by atoms with E-state index in [4.69, 9.17) is 9.15 Å². The molecule has 0 bridgehead atoms. The number of thioether (sulfide) groups is 1. The van der Waals surface area contributed by atoms with Crippen molar-refractivity contribution >= 4 is 23.1 Å². The molecule has 2 aromatic heterocycles. The Morgan fingerprint density at radius 2 is 2.42 bits per heavy atom. The molecule has 0 radical (unpaired) electrons. The zero-order chi connectivity index (χ0) is 13.1. The van der Waals surface area contributed by atoms with Crippen LogP contribution in [0, 0.1) is 0 Å². The lowest BCUT2D eigenvalue weighted by Crippen LogP contribution is -2.18. The molecular weight excluding hydrogens is 280 g/mol. The first-order chi connectivity index (χ1) is 9.35. The predicted octanol–water partition coefficient (Wildman–Crippen LogP) is 3.38. The Kier molecular flexibility index (Phi) is 4.20. The molecule has 0 aromatic carbocycles. The summed E-state index contributed by atoms with van der Waals surface area (Å²) in [5, 5.41) is 11.4. The largest absolute Gasteiger partial charge is 0.416 e. The number of hydrogen-bond donors (Lipinski definition) is 0. The van der Waals surface area contributed by atoms with Crippen molar-refractivity contribution in [2.45, 2.75) is 42.3 Å². The van der Waals surface area contributed by atoms with Crippen molar-refractivity contribution in [3.63, 3.8) is 0 Å². The lowest BCUT2D eigenvalue weighted by atomic mass is 10.3. The first kappa shape index (κ1) is 13.1. The lowest BCUT2D eigenvalue weighted by molar-refractivity contribution is 0.113. The van der Waals surface area contributed by atoms with E-state index < -0.39 is 0 Å². The van der Waals surface area contributed by atoms with Crippen molar-refractivity contribution in [1.29, 1.82) is 0 Å². The van der Waals surface area contributed by atoms with Gasteiger partial charge in [0.15, 0.2) is 0 Å². The van der Waals surface area contributed by atoms with Crippen molar-refractivity contribution in [2.75, 3.05) is 7.11 Å². The normalized spacial score (nSPS) is 23.0. The first-order valence-electron chi connectivity index (χ1n) is 6.39. The molecule has 2 aromatic rings. The van der Waals surface area contributed by atoms with Gasteiger partial charge >= 0.3 is 0 Å². The van der Waals surface area contributed by atoms with Crippen LogP contribution in [-0.2, 0) is 11.2 Å². The van der Waals surface area contributed by atoms with Gasteiger partial charge in [-0.25, -0.2) is 0 Å². The molecule has 2 unspecified atom stereocenters. The van der Waals surface area contributed by atoms with Crippen LogP contribution in [0.4, 0.5) is 0 Å². The van der Waals surface area contributed by atoms with Gasteiger partial charge in [-0.2, -0.15) is 0 Å². The van der Waals surface area contributed by atoms with Crippen LogP contribution < -0.4 is 0 Å². The van der Waals surface area contributed by atoms with Crippen LogP contribution in [-0.4, -0.2) is 28.7 Å². The molecule has 0 saturated heterocycles. The molecule has 0 spiro atoms. The standard InChI is InChI=1S/C13H16N2O2S2/c1-16-10-5-2-6-11(10)19-13-15-14-12(17-13)8-9-4-3-7-18-9/h3-4,7,10-11H,2,5-6,8H2,1H3. The Hall–Kier alpha value is -0.850. The summed E-state index contributed by atoms with van der Waals surface area (Å²) in [5.74, 6) is 0.692. The van der Waals surface area contributed by atoms with Gasteiger partial charge in [-0.3, -0.25) is 0 Å². The molecule has 4 nitrogen and oxygen atoms in total. The van der Waals surface area contributed by atoms with Gasteiger partial charge in [-0.05, 0) is 30.7 Å². The highest BCUT2D eigenvalue weighted by Gasteiger charge is 2.29. The van der Waals surface area contributed by atoms with E-state index in [1.54, 1.807) is 30.2 Å². The van der Waals surface area contributed by atoms with Gasteiger partial charge in [0.25, 0.3) is 5.22 Å². The minimum atomic E-state index is 0.317. The Morgan fingerprint density at radius 3 is 3.21 bits per heavy atom. The fourth-order valence-corrected chi connectivity index (χ4v) is 4.22. The van der Waals surface area contributed by atoms with Gasteiger partial charge in [0.2, 0.25) is 5.89 Å². The maximum Gasteiger partial charge on any atom is 0.276 e. The average Bonchev–Trinajstić information content (AvgIpc) is 3.13. The van der Waals surface area contributed by atoms with Crippen LogP contribution in [0.1, 0.15) is 30.0 Å². The fourth-order valence-electron chi connectivity index (χ4n) is 2.35. The van der Waals surface area contributed by atoms with Gasteiger partial charge in [-0.1, -0.05) is 17.8 Å². The van der Waals surface area contributed by atoms with Gasteiger partial charge in [0, 0.05) is 17.2 Å². The molecular formula is C13H16N2O2S2. The van der Waals surface area contributed by atoms with E-state index in [9.17, 15) is 0 Å². The third kappa shape index (κ3) is 3.19. The Bertz CT molecular complexity index is 512. The Balaban J connectivity index is 1.61. The van der Waals surface area contributed by atoms with Crippen LogP contribution in [0.15, 0.2) is 27.2 Å². The van der Waals surface area contributed by atoms with Crippen LogP contribution in [0.25, 0.3) is 0 Å². The molecule has 0 amide bonds. The quantitative estimate of drug-likeness (QED) is 0.846. The van der Waals surface area contributed by atoms with Gasteiger partial charge in [0.1, 0.15) is 0 Å². The van der Waals surface area contributed by atoms with Crippen LogP contribution in [0.2, 0.25) is 0 Å². The zero-order valence-corrected chi connectivity index (χ0v) is 12.4. The number of methoxy groups -OCH3 is 1. The van der Waals surface area contributed by atoms with E-state index >= 15 is 0 Å². The Labute approximate surface area is 120 Å². The lowest BCUT2D eigenvalue weighted by Gasteiger charge is -2.14. The van der Waals surface area contributed by atoms with E-state index in [0.717, 1.165) is 19.3 Å². The van der Waals surface area contributed by atoms with E-state index in [-0.39, 0.29) is 0 Å². The molecule has 1 aliphatic carbocycles. The Morgan fingerprint density at radius 1 is 1.47 bits per heavy atom. The van der Waals surface area contributed by atoms with E-state index in [0.29, 0.717) is 22.5 Å². The third-order valence-corrected chi connectivity index (χ3v) is 5.39.